The van der Waals surface area contributed by atoms with Crippen molar-refractivity contribution in [2.45, 2.75) is 33.1 Å². The van der Waals surface area contributed by atoms with Crippen LogP contribution in [0.1, 0.15) is 37.3 Å². The molecule has 0 radical (unpaired) electrons. The van der Waals surface area contributed by atoms with Gasteiger partial charge in [0.2, 0.25) is 0 Å². The van der Waals surface area contributed by atoms with Gasteiger partial charge in [-0.3, -0.25) is 0 Å². The number of benzene rings is 2. The van der Waals surface area contributed by atoms with E-state index in [0.29, 0.717) is 0 Å². The molecule has 0 atom stereocenters. The smallest absolute Gasteiger partial charge is 0.126 e. The maximum atomic E-state index is 5.96. The molecule has 0 N–H and O–H groups in total. The second-order valence-corrected chi connectivity index (χ2v) is 5.62. The Kier molecular flexibility index (Phi) is 5.89. The Bertz CT molecular complexity index is 599. The van der Waals surface area contributed by atoms with Crippen molar-refractivity contribution in [1.29, 1.82) is 0 Å². The summed E-state index contributed by atoms with van der Waals surface area (Å²) in [7, 11) is 0. The molecule has 0 unspecified atom stereocenters. The number of aryl methyl sites for hydroxylation is 1. The van der Waals surface area contributed by atoms with E-state index in [9.17, 15) is 0 Å². The van der Waals surface area contributed by atoms with Crippen LogP contribution in [0.5, 0.6) is 5.75 Å². The Morgan fingerprint density at radius 3 is 2.57 bits per heavy atom. The van der Waals surface area contributed by atoms with Crippen LogP contribution in [0, 0.1) is 6.92 Å². The fourth-order valence-corrected chi connectivity index (χ4v) is 2.26. The molecule has 21 heavy (non-hydrogen) atoms. The molecule has 0 saturated carbocycles. The molecule has 0 aromatic heterocycles. The van der Waals surface area contributed by atoms with E-state index in [0.717, 1.165) is 30.0 Å². The molecule has 2 rings (SSSR count). The van der Waals surface area contributed by atoms with Crippen molar-refractivity contribution < 1.29 is 4.74 Å². The third-order valence-electron chi connectivity index (χ3n) is 3.34. The first-order chi connectivity index (χ1) is 10.2. The number of allylic oxidation sites excluding steroid dienone is 1. The molecular weight excluding hydrogens is 280 g/mol. The van der Waals surface area contributed by atoms with Crippen LogP contribution in [0.3, 0.4) is 0 Å². The highest BCUT2D eigenvalue weighted by atomic mass is 35.5. The van der Waals surface area contributed by atoms with Crippen LogP contribution in [0.2, 0.25) is 5.02 Å². The summed E-state index contributed by atoms with van der Waals surface area (Å²) in [4.78, 5) is 0. The minimum absolute atomic E-state index is 0.758. The number of rotatable bonds is 6. The van der Waals surface area contributed by atoms with E-state index in [2.05, 4.69) is 19.9 Å². The fourth-order valence-electron chi connectivity index (χ4n) is 2.13. The Morgan fingerprint density at radius 1 is 1.14 bits per heavy atom. The summed E-state index contributed by atoms with van der Waals surface area (Å²) in [5.41, 5.74) is 3.57. The van der Waals surface area contributed by atoms with E-state index in [1.165, 1.54) is 16.7 Å². The van der Waals surface area contributed by atoms with Gasteiger partial charge in [-0.25, -0.2) is 0 Å². The van der Waals surface area contributed by atoms with E-state index in [4.69, 9.17) is 16.3 Å². The van der Waals surface area contributed by atoms with Gasteiger partial charge < -0.3 is 4.74 Å². The maximum Gasteiger partial charge on any atom is 0.126 e. The molecule has 0 amide bonds. The zero-order valence-electron chi connectivity index (χ0n) is 12.6. The lowest BCUT2D eigenvalue weighted by Crippen LogP contribution is -1.90. The van der Waals surface area contributed by atoms with Gasteiger partial charge in [0, 0.05) is 5.02 Å². The van der Waals surface area contributed by atoms with Crippen LogP contribution in [-0.4, -0.2) is 0 Å². The van der Waals surface area contributed by atoms with Crippen molar-refractivity contribution in [2.75, 3.05) is 0 Å². The lowest BCUT2D eigenvalue weighted by Gasteiger charge is -2.09. The van der Waals surface area contributed by atoms with Gasteiger partial charge in [-0.15, -0.1) is 0 Å². The number of halogens is 1. The number of hydrogen-bond donors (Lipinski definition) is 0. The van der Waals surface area contributed by atoms with Crippen molar-refractivity contribution in [3.05, 3.63) is 70.9 Å². The zero-order valence-corrected chi connectivity index (χ0v) is 13.4. The molecule has 0 aliphatic rings. The molecule has 2 heteroatoms. The molecule has 0 aliphatic heterocycles. The van der Waals surface area contributed by atoms with Gasteiger partial charge in [-0.1, -0.05) is 49.2 Å². The largest absolute Gasteiger partial charge is 0.465 e. The second-order valence-electron chi connectivity index (χ2n) is 5.19. The SMILES string of the molecule is CCCC/C(=C\Oc1cccc(C)c1)c1ccc(Cl)cc1. The average molecular weight is 301 g/mol. The van der Waals surface area contributed by atoms with Gasteiger partial charge in [0.15, 0.2) is 0 Å². The quantitative estimate of drug-likeness (QED) is 0.572. The predicted octanol–water partition coefficient (Wildman–Crippen LogP) is 6.26. The second kappa shape index (κ2) is 7.90. The summed E-state index contributed by atoms with van der Waals surface area (Å²) in [6.07, 6.45) is 5.18. The summed E-state index contributed by atoms with van der Waals surface area (Å²) in [6.45, 7) is 4.26. The van der Waals surface area contributed by atoms with Crippen molar-refractivity contribution in [1.82, 2.24) is 0 Å². The Labute approximate surface area is 132 Å². The molecule has 0 heterocycles. The van der Waals surface area contributed by atoms with Crippen molar-refractivity contribution >= 4 is 17.2 Å². The molecule has 0 spiro atoms. The first kappa shape index (κ1) is 15.7. The molecular formula is C19H21ClO. The normalized spacial score (nSPS) is 11.5. The molecule has 2 aromatic carbocycles. The predicted molar refractivity (Wildman–Crippen MR) is 90.8 cm³/mol. The van der Waals surface area contributed by atoms with Crippen molar-refractivity contribution in [3.8, 4) is 5.75 Å². The van der Waals surface area contributed by atoms with E-state index in [-0.39, 0.29) is 0 Å². The minimum Gasteiger partial charge on any atom is -0.465 e. The molecule has 110 valence electrons. The standard InChI is InChI=1S/C19H21ClO/c1-3-4-7-17(16-9-11-18(20)12-10-16)14-21-19-8-5-6-15(2)13-19/h5-6,8-14H,3-4,7H2,1-2H3/b17-14+. The van der Waals surface area contributed by atoms with Crippen LogP contribution in [0.15, 0.2) is 54.8 Å². The summed E-state index contributed by atoms with van der Waals surface area (Å²) >= 11 is 5.96. The van der Waals surface area contributed by atoms with Gasteiger partial charge in [0.05, 0.1) is 6.26 Å². The van der Waals surface area contributed by atoms with Gasteiger partial charge in [-0.2, -0.15) is 0 Å². The van der Waals surface area contributed by atoms with E-state index in [1.54, 1.807) is 0 Å². The molecule has 1 nitrogen and oxygen atoms in total. The highest BCUT2D eigenvalue weighted by molar-refractivity contribution is 6.30. The van der Waals surface area contributed by atoms with E-state index >= 15 is 0 Å². The van der Waals surface area contributed by atoms with Crippen LogP contribution in [0.25, 0.3) is 5.57 Å². The topological polar surface area (TPSA) is 9.23 Å². The fraction of sp³-hybridized carbons (Fsp3) is 0.263. The summed E-state index contributed by atoms with van der Waals surface area (Å²) < 4.78 is 5.84. The average Bonchev–Trinajstić information content (AvgIpc) is 2.49. The van der Waals surface area contributed by atoms with Crippen LogP contribution in [-0.2, 0) is 0 Å². The Morgan fingerprint density at radius 2 is 1.90 bits per heavy atom. The number of ether oxygens (including phenoxy) is 1. The Hall–Kier alpha value is -1.73. The van der Waals surface area contributed by atoms with Gasteiger partial charge in [0.25, 0.3) is 0 Å². The summed E-state index contributed by atoms with van der Waals surface area (Å²) in [5, 5.41) is 0.758. The monoisotopic (exact) mass is 300 g/mol. The minimum atomic E-state index is 0.758. The van der Waals surface area contributed by atoms with Gasteiger partial charge in [0.1, 0.15) is 5.75 Å². The summed E-state index contributed by atoms with van der Waals surface area (Å²) in [5.74, 6) is 0.873. The Balaban J connectivity index is 2.18. The summed E-state index contributed by atoms with van der Waals surface area (Å²) in [6, 6.07) is 16.0. The lowest BCUT2D eigenvalue weighted by molar-refractivity contribution is 0.481. The highest BCUT2D eigenvalue weighted by Crippen LogP contribution is 2.24. The van der Waals surface area contributed by atoms with E-state index in [1.807, 2.05) is 48.7 Å². The zero-order chi connectivity index (χ0) is 15.1. The molecule has 0 aliphatic carbocycles. The van der Waals surface area contributed by atoms with Crippen LogP contribution < -0.4 is 4.74 Å². The highest BCUT2D eigenvalue weighted by Gasteiger charge is 2.03. The first-order valence-corrected chi connectivity index (χ1v) is 7.75. The number of hydrogen-bond acceptors (Lipinski definition) is 1. The number of unbranched alkanes of at least 4 members (excludes halogenated alkanes) is 1. The van der Waals surface area contributed by atoms with Crippen LogP contribution in [0.4, 0.5) is 0 Å². The molecule has 0 fully saturated rings. The van der Waals surface area contributed by atoms with Gasteiger partial charge in [-0.05, 0) is 60.7 Å². The van der Waals surface area contributed by atoms with Crippen molar-refractivity contribution in [3.63, 3.8) is 0 Å². The van der Waals surface area contributed by atoms with Crippen LogP contribution >= 0.6 is 11.6 Å². The first-order valence-electron chi connectivity index (χ1n) is 7.37. The maximum absolute atomic E-state index is 5.96. The molecule has 2 aromatic rings. The van der Waals surface area contributed by atoms with Crippen molar-refractivity contribution in [2.24, 2.45) is 0 Å². The van der Waals surface area contributed by atoms with Gasteiger partial charge >= 0.3 is 0 Å². The lowest BCUT2D eigenvalue weighted by atomic mass is 10.0. The third-order valence-corrected chi connectivity index (χ3v) is 3.59. The third kappa shape index (κ3) is 4.95. The van der Waals surface area contributed by atoms with E-state index < -0.39 is 0 Å². The molecule has 0 saturated heterocycles. The molecule has 0 bridgehead atoms.